The average molecular weight is 273 g/mol. The molecule has 0 saturated carbocycles. The van der Waals surface area contributed by atoms with Crippen LogP contribution in [-0.4, -0.2) is 40.8 Å². The smallest absolute Gasteiger partial charge is 0.154 e. The van der Waals surface area contributed by atoms with Gasteiger partial charge in [-0.25, -0.2) is 9.50 Å². The number of hydrogen-bond acceptors (Lipinski definition) is 4. The molecule has 0 radical (unpaired) electrons. The van der Waals surface area contributed by atoms with Crippen molar-refractivity contribution in [2.75, 3.05) is 31.1 Å². The largest absolute Gasteiger partial charge is 0.355 e. The summed E-state index contributed by atoms with van der Waals surface area (Å²) in [5.74, 6) is 1.83. The summed E-state index contributed by atoms with van der Waals surface area (Å²) in [6.07, 6.45) is 6.29. The summed E-state index contributed by atoms with van der Waals surface area (Å²) in [6, 6.07) is 2.12. The molecular weight excluding hydrogens is 250 g/mol. The van der Waals surface area contributed by atoms with Crippen molar-refractivity contribution in [3.05, 3.63) is 24.2 Å². The number of aryl methyl sites for hydroxylation is 1. The second-order valence-corrected chi connectivity index (χ2v) is 5.60. The lowest BCUT2D eigenvalue weighted by atomic mass is 9.97. The van der Waals surface area contributed by atoms with Gasteiger partial charge in [-0.15, -0.1) is 0 Å². The standard InChI is InChI=1S/C15H23N5/c1-3-19(11-13-4-6-16-7-5-13)15-14-10-12(2)18-20(14)9-8-17-15/h8-10,13,16H,3-7,11H2,1-2H3. The van der Waals surface area contributed by atoms with Crippen LogP contribution in [0, 0.1) is 12.8 Å². The van der Waals surface area contributed by atoms with Crippen molar-refractivity contribution in [3.63, 3.8) is 0 Å². The molecule has 1 aliphatic heterocycles. The lowest BCUT2D eigenvalue weighted by Crippen LogP contribution is -2.36. The minimum absolute atomic E-state index is 0.766. The minimum atomic E-state index is 0.766. The van der Waals surface area contributed by atoms with E-state index in [1.54, 1.807) is 0 Å². The molecule has 0 amide bonds. The van der Waals surface area contributed by atoms with Gasteiger partial charge in [0.25, 0.3) is 0 Å². The molecule has 1 aliphatic rings. The molecule has 5 nitrogen and oxygen atoms in total. The second kappa shape index (κ2) is 5.79. The molecule has 0 atom stereocenters. The van der Waals surface area contributed by atoms with Crippen molar-refractivity contribution in [1.29, 1.82) is 0 Å². The molecule has 2 aromatic rings. The first-order valence-electron chi connectivity index (χ1n) is 7.54. The molecule has 3 rings (SSSR count). The van der Waals surface area contributed by atoms with Crippen LogP contribution in [0.2, 0.25) is 0 Å². The van der Waals surface area contributed by atoms with Crippen LogP contribution in [0.25, 0.3) is 5.52 Å². The highest BCUT2D eigenvalue weighted by atomic mass is 15.3. The van der Waals surface area contributed by atoms with Crippen LogP contribution in [0.3, 0.4) is 0 Å². The molecule has 0 spiro atoms. The van der Waals surface area contributed by atoms with Gasteiger partial charge in [-0.3, -0.25) is 0 Å². The van der Waals surface area contributed by atoms with Gasteiger partial charge in [0.15, 0.2) is 5.82 Å². The fourth-order valence-corrected chi connectivity index (χ4v) is 3.02. The minimum Gasteiger partial charge on any atom is -0.355 e. The number of rotatable bonds is 4. The Balaban J connectivity index is 1.86. The molecule has 2 aromatic heterocycles. The maximum Gasteiger partial charge on any atom is 0.154 e. The van der Waals surface area contributed by atoms with Crippen LogP contribution in [-0.2, 0) is 0 Å². The number of hydrogen-bond donors (Lipinski definition) is 1. The number of aromatic nitrogens is 3. The summed E-state index contributed by atoms with van der Waals surface area (Å²) in [5.41, 5.74) is 2.15. The predicted molar refractivity (Wildman–Crippen MR) is 81.2 cm³/mol. The Morgan fingerprint density at radius 2 is 2.20 bits per heavy atom. The van der Waals surface area contributed by atoms with E-state index in [0.29, 0.717) is 0 Å². The zero-order chi connectivity index (χ0) is 13.9. The third-order valence-corrected chi connectivity index (χ3v) is 4.11. The SMILES string of the molecule is CCN(CC1CCNCC1)c1nccn2nc(C)cc12. The van der Waals surface area contributed by atoms with E-state index < -0.39 is 0 Å². The van der Waals surface area contributed by atoms with Gasteiger partial charge in [-0.1, -0.05) is 0 Å². The van der Waals surface area contributed by atoms with Crippen molar-refractivity contribution in [3.8, 4) is 0 Å². The maximum absolute atomic E-state index is 4.61. The number of fused-ring (bicyclic) bond motifs is 1. The summed E-state index contributed by atoms with van der Waals surface area (Å²) < 4.78 is 1.93. The van der Waals surface area contributed by atoms with Gasteiger partial charge in [-0.2, -0.15) is 5.10 Å². The van der Waals surface area contributed by atoms with Crippen molar-refractivity contribution < 1.29 is 0 Å². The molecule has 1 N–H and O–H groups in total. The fraction of sp³-hybridized carbons (Fsp3) is 0.600. The van der Waals surface area contributed by atoms with Crippen molar-refractivity contribution in [1.82, 2.24) is 19.9 Å². The zero-order valence-electron chi connectivity index (χ0n) is 12.3. The van der Waals surface area contributed by atoms with Gasteiger partial charge in [0.2, 0.25) is 0 Å². The molecule has 0 unspecified atom stereocenters. The van der Waals surface area contributed by atoms with E-state index in [4.69, 9.17) is 0 Å². The second-order valence-electron chi connectivity index (χ2n) is 5.60. The zero-order valence-corrected chi connectivity index (χ0v) is 12.3. The number of nitrogens with one attached hydrogen (secondary N) is 1. The summed E-state index contributed by atoms with van der Waals surface area (Å²) in [5, 5.41) is 7.91. The summed E-state index contributed by atoms with van der Waals surface area (Å²) >= 11 is 0. The summed E-state index contributed by atoms with van der Waals surface area (Å²) in [6.45, 7) is 8.60. The topological polar surface area (TPSA) is 45.5 Å². The van der Waals surface area contributed by atoms with E-state index in [1.165, 1.54) is 12.8 Å². The quantitative estimate of drug-likeness (QED) is 0.923. The first-order chi connectivity index (χ1) is 9.78. The van der Waals surface area contributed by atoms with Crippen molar-refractivity contribution >= 4 is 11.3 Å². The Bertz CT molecular complexity index is 571. The molecule has 5 heteroatoms. The Morgan fingerprint density at radius 1 is 1.40 bits per heavy atom. The van der Waals surface area contributed by atoms with Crippen LogP contribution < -0.4 is 10.2 Å². The van der Waals surface area contributed by atoms with Gasteiger partial charge in [0.1, 0.15) is 5.52 Å². The number of nitrogens with zero attached hydrogens (tertiary/aromatic N) is 4. The summed E-state index contributed by atoms with van der Waals surface area (Å²) in [4.78, 5) is 7.00. The van der Waals surface area contributed by atoms with E-state index in [0.717, 1.165) is 49.1 Å². The first kappa shape index (κ1) is 13.4. The Kier molecular flexibility index (Phi) is 3.87. The lowest BCUT2D eigenvalue weighted by molar-refractivity contribution is 0.374. The highest BCUT2D eigenvalue weighted by molar-refractivity contribution is 5.69. The number of anilines is 1. The Morgan fingerprint density at radius 3 is 2.95 bits per heavy atom. The van der Waals surface area contributed by atoms with Crippen LogP contribution in [0.4, 0.5) is 5.82 Å². The van der Waals surface area contributed by atoms with Crippen molar-refractivity contribution in [2.45, 2.75) is 26.7 Å². The van der Waals surface area contributed by atoms with Crippen LogP contribution in [0.5, 0.6) is 0 Å². The lowest BCUT2D eigenvalue weighted by Gasteiger charge is -2.30. The Labute approximate surface area is 120 Å². The number of piperidine rings is 1. The van der Waals surface area contributed by atoms with Crippen molar-refractivity contribution in [2.24, 2.45) is 5.92 Å². The molecular formula is C15H23N5. The van der Waals surface area contributed by atoms with Crippen LogP contribution in [0.1, 0.15) is 25.5 Å². The maximum atomic E-state index is 4.61. The van der Waals surface area contributed by atoms with Gasteiger partial charge >= 0.3 is 0 Å². The third-order valence-electron chi connectivity index (χ3n) is 4.11. The molecule has 3 heterocycles. The highest BCUT2D eigenvalue weighted by Crippen LogP contribution is 2.22. The first-order valence-corrected chi connectivity index (χ1v) is 7.54. The van der Waals surface area contributed by atoms with E-state index >= 15 is 0 Å². The molecule has 0 bridgehead atoms. The van der Waals surface area contributed by atoms with E-state index in [1.807, 2.05) is 23.8 Å². The Hall–Kier alpha value is -1.62. The summed E-state index contributed by atoms with van der Waals surface area (Å²) in [7, 11) is 0. The predicted octanol–water partition coefficient (Wildman–Crippen LogP) is 1.86. The van der Waals surface area contributed by atoms with Gasteiger partial charge < -0.3 is 10.2 Å². The van der Waals surface area contributed by atoms with E-state index in [2.05, 4.69) is 33.3 Å². The van der Waals surface area contributed by atoms with E-state index in [-0.39, 0.29) is 0 Å². The monoisotopic (exact) mass is 273 g/mol. The molecule has 108 valence electrons. The van der Waals surface area contributed by atoms with Crippen LogP contribution in [0.15, 0.2) is 18.5 Å². The molecule has 20 heavy (non-hydrogen) atoms. The normalized spacial score (nSPS) is 16.7. The van der Waals surface area contributed by atoms with Crippen LogP contribution >= 0.6 is 0 Å². The van der Waals surface area contributed by atoms with Gasteiger partial charge in [-0.05, 0) is 51.8 Å². The highest BCUT2D eigenvalue weighted by Gasteiger charge is 2.19. The molecule has 1 saturated heterocycles. The molecule has 0 aliphatic carbocycles. The molecule has 1 fully saturated rings. The molecule has 0 aromatic carbocycles. The third kappa shape index (κ3) is 2.63. The van der Waals surface area contributed by atoms with Gasteiger partial charge in [0.05, 0.1) is 5.69 Å². The van der Waals surface area contributed by atoms with Gasteiger partial charge in [0, 0.05) is 25.5 Å². The average Bonchev–Trinajstić information content (AvgIpc) is 2.86. The van der Waals surface area contributed by atoms with E-state index in [9.17, 15) is 0 Å². The fourth-order valence-electron chi connectivity index (χ4n) is 3.02.